The molecule has 1 aromatic heterocycles. The van der Waals surface area contributed by atoms with Gasteiger partial charge in [-0.2, -0.15) is 0 Å². The highest BCUT2D eigenvalue weighted by Gasteiger charge is 2.44. The normalized spacial score (nSPS) is 36.3. The van der Waals surface area contributed by atoms with Crippen LogP contribution in [0.3, 0.4) is 0 Å². The van der Waals surface area contributed by atoms with E-state index < -0.39 is 12.2 Å². The lowest BCUT2D eigenvalue weighted by atomic mass is 9.92. The maximum absolute atomic E-state index is 9.97. The smallest absolute Gasteiger partial charge is 0.0982 e. The SMILES string of the molecule is CC(C)[C@@H]1C[C@H](c2nccs2)[C@@H](O)[C@H]1O. The van der Waals surface area contributed by atoms with E-state index in [0.717, 1.165) is 11.4 Å². The van der Waals surface area contributed by atoms with Crippen LogP contribution in [0.4, 0.5) is 0 Å². The topological polar surface area (TPSA) is 53.4 Å². The summed E-state index contributed by atoms with van der Waals surface area (Å²) in [4.78, 5) is 4.22. The molecule has 1 aromatic rings. The predicted octanol–water partition coefficient (Wildman–Crippen LogP) is 1.62. The number of thiazole rings is 1. The average Bonchev–Trinajstić information content (AvgIpc) is 2.77. The van der Waals surface area contributed by atoms with Gasteiger partial charge in [-0.05, 0) is 18.3 Å². The predicted molar refractivity (Wildman–Crippen MR) is 59.8 cm³/mol. The third-order valence-electron chi connectivity index (χ3n) is 3.35. The lowest BCUT2D eigenvalue weighted by molar-refractivity contribution is 0.00513. The van der Waals surface area contributed by atoms with Gasteiger partial charge >= 0.3 is 0 Å². The fraction of sp³-hybridized carbons (Fsp3) is 0.727. The number of rotatable bonds is 2. The highest BCUT2D eigenvalue weighted by molar-refractivity contribution is 7.09. The third-order valence-corrected chi connectivity index (χ3v) is 4.26. The van der Waals surface area contributed by atoms with Crippen LogP contribution in [0.1, 0.15) is 31.2 Å². The second-order valence-electron chi connectivity index (χ2n) is 4.60. The molecule has 0 amide bonds. The Hall–Kier alpha value is -0.450. The zero-order chi connectivity index (χ0) is 11.0. The molecule has 0 aliphatic heterocycles. The lowest BCUT2D eigenvalue weighted by Gasteiger charge is -2.19. The van der Waals surface area contributed by atoms with Gasteiger partial charge in [-0.15, -0.1) is 11.3 Å². The van der Waals surface area contributed by atoms with Crippen LogP contribution in [0.15, 0.2) is 11.6 Å². The molecule has 0 saturated heterocycles. The van der Waals surface area contributed by atoms with Gasteiger partial charge in [0, 0.05) is 17.5 Å². The Morgan fingerprint density at radius 1 is 1.40 bits per heavy atom. The van der Waals surface area contributed by atoms with Crippen molar-refractivity contribution in [1.29, 1.82) is 0 Å². The molecule has 84 valence electrons. The highest BCUT2D eigenvalue weighted by Crippen LogP contribution is 2.42. The lowest BCUT2D eigenvalue weighted by Crippen LogP contribution is -2.29. The molecule has 0 bridgehead atoms. The molecule has 2 rings (SSSR count). The summed E-state index contributed by atoms with van der Waals surface area (Å²) in [6.45, 7) is 4.18. The van der Waals surface area contributed by atoms with Crippen molar-refractivity contribution in [2.24, 2.45) is 11.8 Å². The van der Waals surface area contributed by atoms with Gasteiger partial charge in [0.25, 0.3) is 0 Å². The van der Waals surface area contributed by atoms with Gasteiger partial charge < -0.3 is 10.2 Å². The molecule has 4 heteroatoms. The van der Waals surface area contributed by atoms with Gasteiger partial charge in [0.05, 0.1) is 17.2 Å². The van der Waals surface area contributed by atoms with Crippen molar-refractivity contribution in [3.05, 3.63) is 16.6 Å². The zero-order valence-electron chi connectivity index (χ0n) is 9.00. The van der Waals surface area contributed by atoms with Crippen LogP contribution in [-0.4, -0.2) is 27.4 Å². The standard InChI is InChI=1S/C11H17NO2S/c1-6(2)7-5-8(10(14)9(7)13)11-12-3-4-15-11/h3-4,6-10,13-14H,5H2,1-2H3/t7-,8-,9-,10+/m0/s1. The van der Waals surface area contributed by atoms with E-state index in [1.54, 1.807) is 17.5 Å². The first-order chi connectivity index (χ1) is 7.11. The number of aliphatic hydroxyl groups is 2. The molecule has 0 radical (unpaired) electrons. The number of aromatic nitrogens is 1. The summed E-state index contributed by atoms with van der Waals surface area (Å²) in [5.74, 6) is 0.612. The van der Waals surface area contributed by atoms with Crippen molar-refractivity contribution in [3.63, 3.8) is 0 Å². The van der Waals surface area contributed by atoms with E-state index in [1.165, 1.54) is 0 Å². The van der Waals surface area contributed by atoms with Crippen LogP contribution in [0, 0.1) is 11.8 Å². The number of hydrogen-bond acceptors (Lipinski definition) is 4. The van der Waals surface area contributed by atoms with E-state index in [-0.39, 0.29) is 11.8 Å². The molecule has 2 N–H and O–H groups in total. The summed E-state index contributed by atoms with van der Waals surface area (Å²) >= 11 is 1.56. The molecule has 3 nitrogen and oxygen atoms in total. The van der Waals surface area contributed by atoms with Crippen LogP contribution < -0.4 is 0 Å². The van der Waals surface area contributed by atoms with E-state index >= 15 is 0 Å². The van der Waals surface area contributed by atoms with Gasteiger partial charge in [0.2, 0.25) is 0 Å². The van der Waals surface area contributed by atoms with Crippen LogP contribution in [-0.2, 0) is 0 Å². The van der Waals surface area contributed by atoms with E-state index in [4.69, 9.17) is 0 Å². The van der Waals surface area contributed by atoms with Gasteiger partial charge in [0.15, 0.2) is 0 Å². The Morgan fingerprint density at radius 3 is 2.60 bits per heavy atom. The fourth-order valence-corrected chi connectivity index (χ4v) is 3.19. The van der Waals surface area contributed by atoms with E-state index in [9.17, 15) is 10.2 Å². The molecule has 1 heterocycles. The second-order valence-corrected chi connectivity index (χ2v) is 5.53. The molecule has 1 aliphatic rings. The first-order valence-electron chi connectivity index (χ1n) is 5.36. The summed E-state index contributed by atoms with van der Waals surface area (Å²) in [7, 11) is 0. The summed E-state index contributed by atoms with van der Waals surface area (Å²) < 4.78 is 0. The first-order valence-corrected chi connectivity index (χ1v) is 6.24. The third kappa shape index (κ3) is 1.94. The van der Waals surface area contributed by atoms with Crippen molar-refractivity contribution in [2.75, 3.05) is 0 Å². The van der Waals surface area contributed by atoms with Gasteiger partial charge in [0.1, 0.15) is 0 Å². The van der Waals surface area contributed by atoms with Crippen molar-refractivity contribution < 1.29 is 10.2 Å². The largest absolute Gasteiger partial charge is 0.390 e. The van der Waals surface area contributed by atoms with Gasteiger partial charge in [-0.25, -0.2) is 4.98 Å². The molecule has 1 aliphatic carbocycles. The molecule has 15 heavy (non-hydrogen) atoms. The van der Waals surface area contributed by atoms with Crippen molar-refractivity contribution >= 4 is 11.3 Å². The minimum Gasteiger partial charge on any atom is -0.390 e. The Morgan fingerprint density at radius 2 is 2.13 bits per heavy atom. The monoisotopic (exact) mass is 227 g/mol. The van der Waals surface area contributed by atoms with Crippen LogP contribution in [0.2, 0.25) is 0 Å². The Balaban J connectivity index is 2.17. The van der Waals surface area contributed by atoms with E-state index in [2.05, 4.69) is 18.8 Å². The minimum absolute atomic E-state index is 0.0207. The number of nitrogens with zero attached hydrogens (tertiary/aromatic N) is 1. The molecule has 0 unspecified atom stereocenters. The first kappa shape index (κ1) is 11.0. The molecule has 1 saturated carbocycles. The molecular weight excluding hydrogens is 210 g/mol. The maximum Gasteiger partial charge on any atom is 0.0982 e. The molecular formula is C11H17NO2S. The molecule has 0 aromatic carbocycles. The Bertz CT molecular complexity index is 312. The van der Waals surface area contributed by atoms with Crippen LogP contribution in [0.25, 0.3) is 0 Å². The van der Waals surface area contributed by atoms with Gasteiger partial charge in [-0.3, -0.25) is 0 Å². The summed E-state index contributed by atoms with van der Waals surface area (Å²) in [5, 5.41) is 22.8. The summed E-state index contributed by atoms with van der Waals surface area (Å²) in [6.07, 6.45) is 1.34. The highest BCUT2D eigenvalue weighted by atomic mass is 32.1. The van der Waals surface area contributed by atoms with E-state index in [1.807, 2.05) is 5.38 Å². The second kappa shape index (κ2) is 4.20. The number of hydrogen-bond donors (Lipinski definition) is 2. The van der Waals surface area contributed by atoms with Crippen LogP contribution >= 0.6 is 11.3 Å². The average molecular weight is 227 g/mol. The van der Waals surface area contributed by atoms with Crippen molar-refractivity contribution in [1.82, 2.24) is 4.98 Å². The Labute approximate surface area is 93.8 Å². The Kier molecular flexibility index (Phi) is 3.09. The zero-order valence-corrected chi connectivity index (χ0v) is 9.81. The van der Waals surface area contributed by atoms with Crippen molar-refractivity contribution in [2.45, 2.75) is 38.4 Å². The van der Waals surface area contributed by atoms with Crippen LogP contribution in [0.5, 0.6) is 0 Å². The molecule has 0 spiro atoms. The summed E-state index contributed by atoms with van der Waals surface area (Å²) in [5.41, 5.74) is 0. The minimum atomic E-state index is -0.649. The molecule has 4 atom stereocenters. The maximum atomic E-state index is 9.97. The molecule has 1 fully saturated rings. The summed E-state index contributed by atoms with van der Waals surface area (Å²) in [6, 6.07) is 0. The van der Waals surface area contributed by atoms with Gasteiger partial charge in [-0.1, -0.05) is 13.8 Å². The van der Waals surface area contributed by atoms with Crippen molar-refractivity contribution in [3.8, 4) is 0 Å². The quantitative estimate of drug-likeness (QED) is 0.807. The van der Waals surface area contributed by atoms with E-state index in [0.29, 0.717) is 5.92 Å². The number of aliphatic hydroxyl groups excluding tert-OH is 2. The fourth-order valence-electron chi connectivity index (χ4n) is 2.39.